The van der Waals surface area contributed by atoms with Crippen LogP contribution in [0.1, 0.15) is 27.2 Å². The summed E-state index contributed by atoms with van der Waals surface area (Å²) >= 11 is 0. The van der Waals surface area contributed by atoms with Crippen molar-refractivity contribution >= 4 is 5.78 Å². The number of ether oxygens (including phenoxy) is 1. The first kappa shape index (κ1) is 7.07. The second-order valence-corrected chi connectivity index (χ2v) is 5.25. The molecule has 0 aromatic rings. The number of Topliss-reactive ketones (excluding diaryl/α,β-unsaturated/α-hetero) is 1. The molecule has 4 aliphatic rings. The van der Waals surface area contributed by atoms with Gasteiger partial charge in [-0.3, -0.25) is 4.79 Å². The van der Waals surface area contributed by atoms with Crippen molar-refractivity contribution in [3.05, 3.63) is 0 Å². The summed E-state index contributed by atoms with van der Waals surface area (Å²) in [7, 11) is 0. The van der Waals surface area contributed by atoms with Gasteiger partial charge in [0, 0.05) is 5.92 Å². The molecule has 0 aromatic heterocycles. The van der Waals surface area contributed by atoms with Crippen LogP contribution < -0.4 is 0 Å². The van der Waals surface area contributed by atoms with Crippen LogP contribution in [-0.4, -0.2) is 17.5 Å². The van der Waals surface area contributed by atoms with Crippen LogP contribution in [0.3, 0.4) is 0 Å². The SMILES string of the molecule is CC1(C)[C@H]2C[C@H]1C(=O)[C@@H]1O[C@@]21C. The highest BCUT2D eigenvalue weighted by molar-refractivity contribution is 5.93. The van der Waals surface area contributed by atoms with Crippen LogP contribution in [0.25, 0.3) is 0 Å². The number of ketones is 1. The van der Waals surface area contributed by atoms with Crippen molar-refractivity contribution in [1.82, 2.24) is 0 Å². The fraction of sp³-hybridized carbons (Fsp3) is 0.900. The molecule has 0 amide bonds. The van der Waals surface area contributed by atoms with Gasteiger partial charge in [-0.1, -0.05) is 13.8 Å². The lowest BCUT2D eigenvalue weighted by Crippen LogP contribution is -2.60. The van der Waals surface area contributed by atoms with Gasteiger partial charge in [0.05, 0.1) is 0 Å². The van der Waals surface area contributed by atoms with E-state index in [1.54, 1.807) is 0 Å². The van der Waals surface area contributed by atoms with E-state index in [-0.39, 0.29) is 17.1 Å². The summed E-state index contributed by atoms with van der Waals surface area (Å²) in [5.41, 5.74) is 0.133. The summed E-state index contributed by atoms with van der Waals surface area (Å²) in [5.74, 6) is 1.28. The molecule has 4 fully saturated rings. The number of carbonyl (C=O) groups is 1. The zero-order chi connectivity index (χ0) is 8.72. The second kappa shape index (κ2) is 1.50. The molecule has 3 aliphatic carbocycles. The van der Waals surface area contributed by atoms with Crippen molar-refractivity contribution < 1.29 is 9.53 Å². The lowest BCUT2D eigenvalue weighted by Gasteiger charge is -2.56. The van der Waals surface area contributed by atoms with Crippen LogP contribution in [0.15, 0.2) is 0 Å². The molecule has 0 unspecified atom stereocenters. The lowest BCUT2D eigenvalue weighted by atomic mass is 9.45. The zero-order valence-corrected chi connectivity index (χ0v) is 7.76. The minimum Gasteiger partial charge on any atom is -0.358 e. The fourth-order valence-corrected chi connectivity index (χ4v) is 3.39. The smallest absolute Gasteiger partial charge is 0.168 e. The highest BCUT2D eigenvalue weighted by atomic mass is 16.6. The van der Waals surface area contributed by atoms with E-state index >= 15 is 0 Å². The van der Waals surface area contributed by atoms with Crippen molar-refractivity contribution in [2.24, 2.45) is 17.3 Å². The molecule has 66 valence electrons. The summed E-state index contributed by atoms with van der Waals surface area (Å²) in [6.07, 6.45) is 1.04. The van der Waals surface area contributed by atoms with Crippen LogP contribution in [0, 0.1) is 17.3 Å². The van der Waals surface area contributed by atoms with Crippen molar-refractivity contribution in [2.75, 3.05) is 0 Å². The van der Waals surface area contributed by atoms with E-state index < -0.39 is 0 Å². The molecule has 0 N–H and O–H groups in total. The third kappa shape index (κ3) is 0.481. The summed E-state index contributed by atoms with van der Waals surface area (Å²) in [6.45, 7) is 6.50. The quantitative estimate of drug-likeness (QED) is 0.509. The Kier molecular flexibility index (Phi) is 0.885. The van der Waals surface area contributed by atoms with Gasteiger partial charge in [0.2, 0.25) is 0 Å². The van der Waals surface area contributed by atoms with Gasteiger partial charge in [0.25, 0.3) is 0 Å². The molecular weight excluding hydrogens is 152 g/mol. The van der Waals surface area contributed by atoms with E-state index in [9.17, 15) is 4.79 Å². The minimum atomic E-state index is -0.0741. The van der Waals surface area contributed by atoms with E-state index in [4.69, 9.17) is 4.74 Å². The van der Waals surface area contributed by atoms with Gasteiger partial charge in [-0.05, 0) is 24.7 Å². The number of carbonyl (C=O) groups excluding carboxylic acids is 1. The summed E-state index contributed by atoms with van der Waals surface area (Å²) < 4.78 is 5.52. The largest absolute Gasteiger partial charge is 0.358 e. The average Bonchev–Trinajstić information content (AvgIpc) is 2.61. The molecule has 0 aromatic carbocycles. The van der Waals surface area contributed by atoms with Crippen LogP contribution >= 0.6 is 0 Å². The monoisotopic (exact) mass is 166 g/mol. The standard InChI is InChI=1S/C10H14O2/c1-9(2)5-4-6(9)10(3)8(12-10)7(5)11/h5-6,8H,4H2,1-3H3/t5-,6+,8-,10-/m0/s1. The Morgan fingerprint density at radius 3 is 2.58 bits per heavy atom. The van der Waals surface area contributed by atoms with E-state index in [0.717, 1.165) is 6.42 Å². The van der Waals surface area contributed by atoms with E-state index in [1.807, 2.05) is 0 Å². The molecule has 12 heavy (non-hydrogen) atoms. The maximum atomic E-state index is 11.7. The van der Waals surface area contributed by atoms with Gasteiger partial charge in [-0.25, -0.2) is 0 Å². The summed E-state index contributed by atoms with van der Waals surface area (Å²) in [4.78, 5) is 11.7. The van der Waals surface area contributed by atoms with Gasteiger partial charge in [-0.2, -0.15) is 0 Å². The van der Waals surface area contributed by atoms with Gasteiger partial charge < -0.3 is 4.74 Å². The Bertz CT molecular complexity index is 277. The molecular formula is C10H14O2. The Hall–Kier alpha value is -0.370. The maximum absolute atomic E-state index is 11.7. The Labute approximate surface area is 72.3 Å². The van der Waals surface area contributed by atoms with Crippen LogP contribution in [-0.2, 0) is 9.53 Å². The van der Waals surface area contributed by atoms with Crippen LogP contribution in [0.2, 0.25) is 0 Å². The molecule has 0 spiro atoms. The predicted molar refractivity (Wildman–Crippen MR) is 43.7 cm³/mol. The molecule has 0 radical (unpaired) electrons. The molecule has 1 aliphatic heterocycles. The molecule has 1 heterocycles. The van der Waals surface area contributed by atoms with E-state index in [1.165, 1.54) is 0 Å². The summed E-state index contributed by atoms with van der Waals surface area (Å²) in [6, 6.07) is 0. The summed E-state index contributed by atoms with van der Waals surface area (Å²) in [5, 5.41) is 0. The highest BCUT2D eigenvalue weighted by Gasteiger charge is 2.76. The second-order valence-electron chi connectivity index (χ2n) is 5.25. The Morgan fingerprint density at radius 2 is 2.08 bits per heavy atom. The number of hydrogen-bond acceptors (Lipinski definition) is 2. The topological polar surface area (TPSA) is 29.6 Å². The maximum Gasteiger partial charge on any atom is 0.168 e. The minimum absolute atomic E-state index is 0.0331. The first-order valence-electron chi connectivity index (χ1n) is 4.69. The van der Waals surface area contributed by atoms with Gasteiger partial charge >= 0.3 is 0 Å². The predicted octanol–water partition coefficient (Wildman–Crippen LogP) is 1.39. The molecule has 2 bridgehead atoms. The van der Waals surface area contributed by atoms with Gasteiger partial charge in [-0.15, -0.1) is 0 Å². The van der Waals surface area contributed by atoms with Crippen molar-refractivity contribution in [3.8, 4) is 0 Å². The zero-order valence-electron chi connectivity index (χ0n) is 7.76. The van der Waals surface area contributed by atoms with Crippen molar-refractivity contribution in [1.29, 1.82) is 0 Å². The Morgan fingerprint density at radius 1 is 1.42 bits per heavy atom. The first-order chi connectivity index (χ1) is 5.48. The fourth-order valence-electron chi connectivity index (χ4n) is 3.39. The average molecular weight is 166 g/mol. The number of epoxide rings is 1. The molecule has 4 rings (SSSR count). The molecule has 1 saturated heterocycles. The first-order valence-corrected chi connectivity index (χ1v) is 4.69. The molecule has 2 heteroatoms. The number of hydrogen-bond donors (Lipinski definition) is 0. The van der Waals surface area contributed by atoms with Gasteiger partial charge in [0.1, 0.15) is 11.7 Å². The molecule has 3 saturated carbocycles. The third-order valence-corrected chi connectivity index (χ3v) is 4.40. The molecule has 2 nitrogen and oxygen atoms in total. The normalized spacial score (nSPS) is 58.9. The van der Waals surface area contributed by atoms with Crippen LogP contribution in [0.5, 0.6) is 0 Å². The Balaban J connectivity index is 2.06. The van der Waals surface area contributed by atoms with Crippen molar-refractivity contribution in [2.45, 2.75) is 38.9 Å². The van der Waals surface area contributed by atoms with Crippen molar-refractivity contribution in [3.63, 3.8) is 0 Å². The van der Waals surface area contributed by atoms with Crippen LogP contribution in [0.4, 0.5) is 0 Å². The number of rotatable bonds is 0. The molecule has 4 atom stereocenters. The van der Waals surface area contributed by atoms with E-state index in [2.05, 4.69) is 20.8 Å². The van der Waals surface area contributed by atoms with Gasteiger partial charge in [0.15, 0.2) is 5.78 Å². The third-order valence-electron chi connectivity index (χ3n) is 4.40. The van der Waals surface area contributed by atoms with E-state index in [0.29, 0.717) is 17.6 Å². The lowest BCUT2D eigenvalue weighted by molar-refractivity contribution is -0.147. The highest BCUT2D eigenvalue weighted by Crippen LogP contribution is 2.68.